The lowest BCUT2D eigenvalue weighted by molar-refractivity contribution is -0.274. The van der Waals surface area contributed by atoms with Gasteiger partial charge in [0.1, 0.15) is 17.2 Å². The van der Waals surface area contributed by atoms with Crippen molar-refractivity contribution in [2.24, 2.45) is 0 Å². The van der Waals surface area contributed by atoms with Crippen LogP contribution >= 0.6 is 11.8 Å². The van der Waals surface area contributed by atoms with Crippen LogP contribution in [0.4, 0.5) is 13.2 Å². The lowest BCUT2D eigenvalue weighted by atomic mass is 10.2. The molecule has 8 nitrogen and oxygen atoms in total. The highest BCUT2D eigenvalue weighted by atomic mass is 32.2. The van der Waals surface area contributed by atoms with E-state index in [0.29, 0.717) is 23.2 Å². The number of thioether (sulfide) groups is 1. The minimum Gasteiger partial charge on any atom is -0.492 e. The summed E-state index contributed by atoms with van der Waals surface area (Å²) in [4.78, 5) is 12.2. The molecule has 0 saturated carbocycles. The van der Waals surface area contributed by atoms with Crippen molar-refractivity contribution in [3.8, 4) is 17.2 Å². The fraction of sp³-hybridized carbons (Fsp3) is 0.263. The van der Waals surface area contributed by atoms with Gasteiger partial charge in [-0.1, -0.05) is 42.1 Å². The Hall–Kier alpha value is -3.28. The maximum Gasteiger partial charge on any atom is 0.573 e. The molecule has 0 bridgehead atoms. The maximum absolute atomic E-state index is 12.5. The number of amides is 1. The van der Waals surface area contributed by atoms with E-state index in [1.807, 2.05) is 13.0 Å². The number of tetrazole rings is 1. The van der Waals surface area contributed by atoms with E-state index in [-0.39, 0.29) is 23.6 Å². The Labute approximate surface area is 179 Å². The van der Waals surface area contributed by atoms with Gasteiger partial charge in [-0.15, -0.1) is 18.3 Å². The van der Waals surface area contributed by atoms with Crippen LogP contribution in [-0.4, -0.2) is 44.8 Å². The first-order chi connectivity index (χ1) is 14.9. The van der Waals surface area contributed by atoms with E-state index >= 15 is 0 Å². The van der Waals surface area contributed by atoms with E-state index in [0.717, 1.165) is 11.8 Å². The number of carbonyl (C=O) groups is 1. The Morgan fingerprint density at radius 2 is 1.84 bits per heavy atom. The molecule has 31 heavy (non-hydrogen) atoms. The average molecular weight is 453 g/mol. The summed E-state index contributed by atoms with van der Waals surface area (Å²) in [6, 6.07) is 12.8. The molecule has 0 radical (unpaired) electrons. The number of para-hydroxylation sites is 3. The molecule has 0 spiro atoms. The van der Waals surface area contributed by atoms with Crippen molar-refractivity contribution in [3.05, 3.63) is 54.1 Å². The molecule has 1 amide bonds. The molecule has 3 aromatic rings. The van der Waals surface area contributed by atoms with Gasteiger partial charge in [0.15, 0.2) is 0 Å². The van der Waals surface area contributed by atoms with Crippen LogP contribution in [0.1, 0.15) is 12.5 Å². The molecule has 1 N–H and O–H groups in total. The van der Waals surface area contributed by atoms with Crippen LogP contribution in [0.3, 0.4) is 0 Å². The third kappa shape index (κ3) is 6.35. The quantitative estimate of drug-likeness (QED) is 0.497. The molecule has 0 unspecified atom stereocenters. The van der Waals surface area contributed by atoms with E-state index < -0.39 is 12.3 Å². The second kappa shape index (κ2) is 10.2. The number of benzene rings is 2. The monoisotopic (exact) mass is 453 g/mol. The summed E-state index contributed by atoms with van der Waals surface area (Å²) in [6.07, 6.45) is -4.81. The van der Waals surface area contributed by atoms with Crippen molar-refractivity contribution in [3.63, 3.8) is 0 Å². The van der Waals surface area contributed by atoms with Gasteiger partial charge < -0.3 is 14.8 Å². The molecule has 12 heteroatoms. The van der Waals surface area contributed by atoms with Gasteiger partial charge in [0.2, 0.25) is 11.1 Å². The number of rotatable bonds is 9. The van der Waals surface area contributed by atoms with Crippen molar-refractivity contribution >= 4 is 17.7 Å². The van der Waals surface area contributed by atoms with Crippen molar-refractivity contribution in [2.75, 3.05) is 12.4 Å². The van der Waals surface area contributed by atoms with Crippen LogP contribution in [0.25, 0.3) is 5.69 Å². The summed E-state index contributed by atoms with van der Waals surface area (Å²) >= 11 is 1.08. The number of ether oxygens (including phenoxy) is 2. The van der Waals surface area contributed by atoms with E-state index in [1.165, 1.54) is 22.9 Å². The fourth-order valence-electron chi connectivity index (χ4n) is 2.58. The molecule has 0 fully saturated rings. The molecular weight excluding hydrogens is 435 g/mol. The SMILES string of the molecule is CCOc1ccccc1-n1nnnc1SCC(=O)NCc1ccccc1OC(F)(F)F. The maximum atomic E-state index is 12.5. The zero-order chi connectivity index (χ0) is 22.3. The van der Waals surface area contributed by atoms with Gasteiger partial charge in [0, 0.05) is 12.1 Å². The molecule has 3 rings (SSSR count). The van der Waals surface area contributed by atoms with Crippen molar-refractivity contribution in [1.29, 1.82) is 0 Å². The molecule has 164 valence electrons. The Bertz CT molecular complexity index is 1030. The van der Waals surface area contributed by atoms with Gasteiger partial charge in [-0.2, -0.15) is 4.68 Å². The predicted molar refractivity (Wildman–Crippen MR) is 106 cm³/mol. The van der Waals surface area contributed by atoms with Crippen LogP contribution in [-0.2, 0) is 11.3 Å². The van der Waals surface area contributed by atoms with Gasteiger partial charge >= 0.3 is 6.36 Å². The van der Waals surface area contributed by atoms with Crippen LogP contribution < -0.4 is 14.8 Å². The molecule has 0 aliphatic heterocycles. The van der Waals surface area contributed by atoms with Gasteiger partial charge in [0.05, 0.1) is 12.4 Å². The first kappa shape index (κ1) is 22.4. The first-order valence-electron chi connectivity index (χ1n) is 9.11. The van der Waals surface area contributed by atoms with Crippen molar-refractivity contribution < 1.29 is 27.4 Å². The van der Waals surface area contributed by atoms with Crippen LogP contribution in [0.15, 0.2) is 53.7 Å². The topological polar surface area (TPSA) is 91.2 Å². The summed E-state index contributed by atoms with van der Waals surface area (Å²) in [7, 11) is 0. The van der Waals surface area contributed by atoms with Crippen LogP contribution in [0.2, 0.25) is 0 Å². The van der Waals surface area contributed by atoms with E-state index in [2.05, 4.69) is 25.6 Å². The third-order valence-corrected chi connectivity index (χ3v) is 4.76. The highest BCUT2D eigenvalue weighted by molar-refractivity contribution is 7.99. The Balaban J connectivity index is 1.61. The van der Waals surface area contributed by atoms with Crippen LogP contribution in [0.5, 0.6) is 11.5 Å². The number of halogens is 3. The largest absolute Gasteiger partial charge is 0.573 e. The zero-order valence-electron chi connectivity index (χ0n) is 16.3. The lowest BCUT2D eigenvalue weighted by Crippen LogP contribution is -2.26. The van der Waals surface area contributed by atoms with E-state index in [1.54, 1.807) is 24.3 Å². The van der Waals surface area contributed by atoms with Gasteiger partial charge in [-0.05, 0) is 35.5 Å². The number of hydrogen-bond acceptors (Lipinski definition) is 7. The van der Waals surface area contributed by atoms with Gasteiger partial charge in [-0.25, -0.2) is 0 Å². The highest BCUT2D eigenvalue weighted by Crippen LogP contribution is 2.27. The first-order valence-corrected chi connectivity index (χ1v) is 10.1. The molecule has 2 aromatic carbocycles. The normalized spacial score (nSPS) is 11.2. The molecule has 0 saturated heterocycles. The number of hydrogen-bond donors (Lipinski definition) is 1. The summed E-state index contributed by atoms with van der Waals surface area (Å²) in [5.74, 6) is -0.219. The third-order valence-electron chi connectivity index (χ3n) is 3.84. The predicted octanol–water partition coefficient (Wildman–Crippen LogP) is 3.37. The summed E-state index contributed by atoms with van der Waals surface area (Å²) < 4.78 is 48.5. The fourth-order valence-corrected chi connectivity index (χ4v) is 3.29. The highest BCUT2D eigenvalue weighted by Gasteiger charge is 2.32. The summed E-state index contributed by atoms with van der Waals surface area (Å²) in [5, 5.41) is 14.5. The molecule has 0 aliphatic rings. The van der Waals surface area contributed by atoms with Gasteiger partial charge in [0.25, 0.3) is 0 Å². The Morgan fingerprint density at radius 3 is 2.58 bits per heavy atom. The molecular formula is C19H18F3N5O3S. The standard InChI is InChI=1S/C19H18F3N5O3S/c1-2-29-16-10-6-4-8-14(16)27-18(24-25-26-27)31-12-17(28)23-11-13-7-3-5-9-15(13)30-19(20,21)22/h3-10H,2,11-12H2,1H3,(H,23,28). The average Bonchev–Trinajstić information content (AvgIpc) is 3.19. The number of alkyl halides is 3. The number of carbonyl (C=O) groups excluding carboxylic acids is 1. The molecule has 1 aromatic heterocycles. The number of nitrogens with zero attached hydrogens (tertiary/aromatic N) is 4. The van der Waals surface area contributed by atoms with Crippen molar-refractivity contribution in [2.45, 2.75) is 25.0 Å². The minimum atomic E-state index is -4.81. The minimum absolute atomic E-state index is 0.0422. The second-order valence-corrected chi connectivity index (χ2v) is 6.94. The second-order valence-electron chi connectivity index (χ2n) is 5.99. The molecule has 1 heterocycles. The van der Waals surface area contributed by atoms with Gasteiger partial charge in [-0.3, -0.25) is 4.79 Å². The van der Waals surface area contributed by atoms with E-state index in [9.17, 15) is 18.0 Å². The Morgan fingerprint density at radius 1 is 1.13 bits per heavy atom. The smallest absolute Gasteiger partial charge is 0.492 e. The Kier molecular flexibility index (Phi) is 7.34. The van der Waals surface area contributed by atoms with Crippen LogP contribution in [0, 0.1) is 0 Å². The lowest BCUT2D eigenvalue weighted by Gasteiger charge is -2.13. The summed E-state index contributed by atoms with van der Waals surface area (Å²) in [5.41, 5.74) is 0.823. The number of aromatic nitrogens is 4. The van der Waals surface area contributed by atoms with E-state index in [4.69, 9.17) is 4.74 Å². The summed E-state index contributed by atoms with van der Waals surface area (Å²) in [6.45, 7) is 2.20. The zero-order valence-corrected chi connectivity index (χ0v) is 17.1. The van der Waals surface area contributed by atoms with Crippen molar-refractivity contribution in [1.82, 2.24) is 25.5 Å². The molecule has 0 atom stereocenters. The molecule has 0 aliphatic carbocycles. The number of nitrogens with one attached hydrogen (secondary N) is 1.